The zero-order valence-corrected chi connectivity index (χ0v) is 13.8. The Morgan fingerprint density at radius 1 is 1.17 bits per heavy atom. The fourth-order valence-corrected chi connectivity index (χ4v) is 3.67. The monoisotopic (exact) mass is 344 g/mol. The van der Waals surface area contributed by atoms with Crippen molar-refractivity contribution in [2.24, 2.45) is 0 Å². The Balaban J connectivity index is 1.93. The van der Waals surface area contributed by atoms with Gasteiger partial charge in [-0.2, -0.15) is 0 Å². The van der Waals surface area contributed by atoms with Crippen molar-refractivity contribution in [1.29, 1.82) is 0 Å². The molecular formula is C17H16N2O4S. The van der Waals surface area contributed by atoms with Crippen molar-refractivity contribution in [2.45, 2.75) is 18.2 Å². The Morgan fingerprint density at radius 2 is 1.96 bits per heavy atom. The molecule has 0 unspecified atom stereocenters. The number of nitrogens with one attached hydrogen (secondary N) is 2. The Labute approximate surface area is 139 Å². The van der Waals surface area contributed by atoms with E-state index in [0.29, 0.717) is 23.4 Å². The van der Waals surface area contributed by atoms with Crippen molar-refractivity contribution in [3.05, 3.63) is 59.2 Å². The van der Waals surface area contributed by atoms with Gasteiger partial charge in [0, 0.05) is 23.4 Å². The normalized spacial score (nSPS) is 13.8. The van der Waals surface area contributed by atoms with Crippen LogP contribution in [-0.2, 0) is 16.4 Å². The first kappa shape index (κ1) is 16.2. The van der Waals surface area contributed by atoms with Crippen LogP contribution in [0, 0.1) is 0 Å². The first-order chi connectivity index (χ1) is 11.4. The maximum atomic E-state index is 12.5. The van der Waals surface area contributed by atoms with Crippen LogP contribution >= 0.6 is 0 Å². The van der Waals surface area contributed by atoms with E-state index in [9.17, 15) is 18.0 Å². The van der Waals surface area contributed by atoms with Crippen LogP contribution in [0.3, 0.4) is 0 Å². The fourth-order valence-electron chi connectivity index (χ4n) is 2.57. The number of rotatable bonds is 4. The average molecular weight is 344 g/mol. The van der Waals surface area contributed by atoms with Crippen molar-refractivity contribution in [3.63, 3.8) is 0 Å². The molecule has 24 heavy (non-hydrogen) atoms. The topological polar surface area (TPSA) is 92.3 Å². The molecule has 1 aliphatic heterocycles. The predicted molar refractivity (Wildman–Crippen MR) is 89.7 cm³/mol. The van der Waals surface area contributed by atoms with Gasteiger partial charge in [-0.3, -0.25) is 14.3 Å². The SMILES string of the molecule is CC(=O)c1cccc(S(=O)(=O)Nc2ccc3c(c2)C(=O)NCC3)c1. The number of benzene rings is 2. The van der Waals surface area contributed by atoms with E-state index in [-0.39, 0.29) is 16.6 Å². The third kappa shape index (κ3) is 3.16. The van der Waals surface area contributed by atoms with E-state index < -0.39 is 10.0 Å². The molecule has 2 aromatic rings. The molecule has 6 nitrogen and oxygen atoms in total. The largest absolute Gasteiger partial charge is 0.352 e. The summed E-state index contributed by atoms with van der Waals surface area (Å²) in [7, 11) is -3.85. The number of amides is 1. The molecule has 1 aliphatic rings. The molecular weight excluding hydrogens is 328 g/mol. The van der Waals surface area contributed by atoms with Crippen LogP contribution < -0.4 is 10.0 Å². The van der Waals surface area contributed by atoms with Gasteiger partial charge >= 0.3 is 0 Å². The minimum absolute atomic E-state index is 0.00243. The van der Waals surface area contributed by atoms with Crippen molar-refractivity contribution in [3.8, 4) is 0 Å². The van der Waals surface area contributed by atoms with Gasteiger partial charge in [-0.25, -0.2) is 8.42 Å². The second-order valence-electron chi connectivity index (χ2n) is 5.57. The summed E-state index contributed by atoms with van der Waals surface area (Å²) < 4.78 is 27.5. The summed E-state index contributed by atoms with van der Waals surface area (Å²) in [6, 6.07) is 10.7. The number of hydrogen-bond acceptors (Lipinski definition) is 4. The van der Waals surface area contributed by atoms with Gasteiger partial charge in [0.15, 0.2) is 5.78 Å². The van der Waals surface area contributed by atoms with Crippen molar-refractivity contribution < 1.29 is 18.0 Å². The number of ketones is 1. The molecule has 1 amide bonds. The molecule has 0 saturated carbocycles. The van der Waals surface area contributed by atoms with Crippen molar-refractivity contribution in [1.82, 2.24) is 5.32 Å². The van der Waals surface area contributed by atoms with Crippen LogP contribution in [-0.4, -0.2) is 26.7 Å². The summed E-state index contributed by atoms with van der Waals surface area (Å²) in [4.78, 5) is 23.3. The zero-order chi connectivity index (χ0) is 17.3. The molecule has 0 aliphatic carbocycles. The number of Topliss-reactive ketones (excluding diaryl/α,β-unsaturated/α-hetero) is 1. The van der Waals surface area contributed by atoms with Gasteiger partial charge in [-0.1, -0.05) is 18.2 Å². The summed E-state index contributed by atoms with van der Waals surface area (Å²) in [6.45, 7) is 1.95. The lowest BCUT2D eigenvalue weighted by atomic mass is 10.00. The minimum atomic E-state index is -3.85. The molecule has 0 bridgehead atoms. The molecule has 0 spiro atoms. The number of carbonyl (C=O) groups excluding carboxylic acids is 2. The van der Waals surface area contributed by atoms with Crippen LogP contribution in [0.25, 0.3) is 0 Å². The Hall–Kier alpha value is -2.67. The van der Waals surface area contributed by atoms with E-state index in [1.807, 2.05) is 0 Å². The van der Waals surface area contributed by atoms with Gasteiger partial charge < -0.3 is 5.32 Å². The minimum Gasteiger partial charge on any atom is -0.352 e. The standard InChI is InChI=1S/C17H16N2O4S/c1-11(20)13-3-2-4-15(9-13)24(22,23)19-14-6-5-12-7-8-18-17(21)16(12)10-14/h2-6,9-10,19H,7-8H2,1H3,(H,18,21). The number of anilines is 1. The molecule has 0 radical (unpaired) electrons. The number of fused-ring (bicyclic) bond motifs is 1. The highest BCUT2D eigenvalue weighted by atomic mass is 32.2. The van der Waals surface area contributed by atoms with E-state index in [4.69, 9.17) is 0 Å². The third-order valence-corrected chi connectivity index (χ3v) is 5.22. The molecule has 0 aromatic heterocycles. The molecule has 0 atom stereocenters. The van der Waals surface area contributed by atoms with Crippen LogP contribution in [0.4, 0.5) is 5.69 Å². The van der Waals surface area contributed by atoms with E-state index >= 15 is 0 Å². The van der Waals surface area contributed by atoms with Crippen LogP contribution in [0.2, 0.25) is 0 Å². The molecule has 7 heteroatoms. The summed E-state index contributed by atoms with van der Waals surface area (Å²) in [6.07, 6.45) is 0.717. The molecule has 3 rings (SSSR count). The maximum absolute atomic E-state index is 12.5. The molecule has 2 aromatic carbocycles. The number of carbonyl (C=O) groups is 2. The first-order valence-corrected chi connectivity index (χ1v) is 8.90. The lowest BCUT2D eigenvalue weighted by molar-refractivity contribution is 0.0945. The lowest BCUT2D eigenvalue weighted by Gasteiger charge is -2.17. The Kier molecular flexibility index (Phi) is 4.11. The molecule has 2 N–H and O–H groups in total. The van der Waals surface area contributed by atoms with Gasteiger partial charge in [0.1, 0.15) is 0 Å². The highest BCUT2D eigenvalue weighted by Gasteiger charge is 2.20. The number of hydrogen-bond donors (Lipinski definition) is 2. The van der Waals surface area contributed by atoms with E-state index in [0.717, 1.165) is 12.0 Å². The fraction of sp³-hybridized carbons (Fsp3) is 0.176. The van der Waals surface area contributed by atoms with E-state index in [2.05, 4.69) is 10.0 Å². The van der Waals surface area contributed by atoms with E-state index in [1.165, 1.54) is 31.2 Å². The van der Waals surface area contributed by atoms with Gasteiger partial charge in [-0.15, -0.1) is 0 Å². The predicted octanol–water partition coefficient (Wildman–Crippen LogP) is 1.98. The van der Waals surface area contributed by atoms with Crippen molar-refractivity contribution in [2.75, 3.05) is 11.3 Å². The second kappa shape index (κ2) is 6.09. The van der Waals surface area contributed by atoms with Crippen molar-refractivity contribution >= 4 is 27.4 Å². The lowest BCUT2D eigenvalue weighted by Crippen LogP contribution is -2.31. The summed E-state index contributed by atoms with van der Waals surface area (Å²) in [5.41, 5.74) is 1.99. The molecule has 1 heterocycles. The van der Waals surface area contributed by atoms with E-state index in [1.54, 1.807) is 18.2 Å². The maximum Gasteiger partial charge on any atom is 0.261 e. The third-order valence-electron chi connectivity index (χ3n) is 3.84. The molecule has 0 saturated heterocycles. The summed E-state index contributed by atoms with van der Waals surface area (Å²) in [5, 5.41) is 2.73. The van der Waals surface area contributed by atoms with Gasteiger partial charge in [0.05, 0.1) is 4.90 Å². The summed E-state index contributed by atoms with van der Waals surface area (Å²) >= 11 is 0. The second-order valence-corrected chi connectivity index (χ2v) is 7.25. The van der Waals surface area contributed by atoms with Gasteiger partial charge in [0.25, 0.3) is 15.9 Å². The highest BCUT2D eigenvalue weighted by molar-refractivity contribution is 7.92. The average Bonchev–Trinajstić information content (AvgIpc) is 2.55. The molecule has 124 valence electrons. The Morgan fingerprint density at radius 3 is 2.71 bits per heavy atom. The van der Waals surface area contributed by atoms with Crippen LogP contribution in [0.5, 0.6) is 0 Å². The smallest absolute Gasteiger partial charge is 0.261 e. The van der Waals surface area contributed by atoms with Crippen LogP contribution in [0.15, 0.2) is 47.4 Å². The van der Waals surface area contributed by atoms with Crippen LogP contribution in [0.1, 0.15) is 33.2 Å². The zero-order valence-electron chi connectivity index (χ0n) is 13.0. The van der Waals surface area contributed by atoms with Gasteiger partial charge in [-0.05, 0) is 43.2 Å². The summed E-state index contributed by atoms with van der Waals surface area (Å²) in [5.74, 6) is -0.423. The van der Waals surface area contributed by atoms with Gasteiger partial charge in [0.2, 0.25) is 0 Å². The Bertz CT molecular complexity index is 935. The highest BCUT2D eigenvalue weighted by Crippen LogP contribution is 2.22. The molecule has 0 fully saturated rings. The number of sulfonamides is 1. The first-order valence-electron chi connectivity index (χ1n) is 7.42. The quantitative estimate of drug-likeness (QED) is 0.830.